The fourth-order valence-corrected chi connectivity index (χ4v) is 4.77. The molecule has 1 amide bonds. The van der Waals surface area contributed by atoms with E-state index in [0.717, 1.165) is 37.5 Å². The number of carbonyl (C=O) groups excluding carboxylic acids is 1. The summed E-state index contributed by atoms with van der Waals surface area (Å²) >= 11 is 1.62. The second kappa shape index (κ2) is 8.16. The van der Waals surface area contributed by atoms with Crippen molar-refractivity contribution in [1.82, 2.24) is 0 Å². The van der Waals surface area contributed by atoms with E-state index in [4.69, 9.17) is 10.6 Å². The lowest BCUT2D eigenvalue weighted by Crippen LogP contribution is -2.29. The predicted molar refractivity (Wildman–Crippen MR) is 125 cm³/mol. The van der Waals surface area contributed by atoms with Crippen LogP contribution in [0.4, 0.5) is 16.2 Å². The number of amides is 1. The quantitative estimate of drug-likeness (QED) is 0.187. The Kier molecular flexibility index (Phi) is 5.06. The van der Waals surface area contributed by atoms with E-state index in [9.17, 15) is 4.79 Å². The van der Waals surface area contributed by atoms with Gasteiger partial charge in [-0.3, -0.25) is 4.84 Å². The van der Waals surface area contributed by atoms with Gasteiger partial charge in [-0.05, 0) is 40.6 Å². The van der Waals surface area contributed by atoms with E-state index in [-0.39, 0.29) is 5.84 Å². The third-order valence-corrected chi connectivity index (χ3v) is 6.24. The molecule has 5 rings (SSSR count). The van der Waals surface area contributed by atoms with Crippen molar-refractivity contribution >= 4 is 45.8 Å². The Balaban J connectivity index is 1.40. The molecular formula is C25H19N3O2S. The van der Waals surface area contributed by atoms with Gasteiger partial charge in [0.2, 0.25) is 0 Å². The second-order valence-electron chi connectivity index (χ2n) is 7.13. The number of amidine groups is 1. The summed E-state index contributed by atoms with van der Waals surface area (Å²) < 4.78 is 0. The number of benzene rings is 4. The summed E-state index contributed by atoms with van der Waals surface area (Å²) in [7, 11) is 0. The summed E-state index contributed by atoms with van der Waals surface area (Å²) in [5.74, 6) is 0.234. The number of anilines is 2. The fourth-order valence-electron chi connectivity index (χ4n) is 3.71. The van der Waals surface area contributed by atoms with Crippen LogP contribution in [0, 0.1) is 0 Å². The molecule has 4 aromatic carbocycles. The Bertz CT molecular complexity index is 1270. The molecule has 1 aliphatic rings. The van der Waals surface area contributed by atoms with Crippen LogP contribution in [-0.4, -0.2) is 11.9 Å². The van der Waals surface area contributed by atoms with E-state index in [1.54, 1.807) is 11.8 Å². The first-order valence-corrected chi connectivity index (χ1v) is 10.7. The van der Waals surface area contributed by atoms with E-state index >= 15 is 0 Å². The zero-order valence-electron chi connectivity index (χ0n) is 16.6. The summed E-state index contributed by atoms with van der Waals surface area (Å²) in [5.41, 5.74) is 8.67. The van der Waals surface area contributed by atoms with E-state index in [1.807, 2.05) is 78.9 Å². The summed E-state index contributed by atoms with van der Waals surface area (Å²) in [5, 5.41) is 6.17. The SMILES string of the molecule is N/C(Cc1cccc2ccccc12)=N/OC(=O)N1c2ccccc2Sc2ccccc21. The molecular weight excluding hydrogens is 406 g/mol. The lowest BCUT2D eigenvalue weighted by atomic mass is 10.0. The zero-order valence-corrected chi connectivity index (χ0v) is 17.4. The summed E-state index contributed by atoms with van der Waals surface area (Å²) in [4.78, 5) is 21.8. The number of rotatable bonds is 3. The highest BCUT2D eigenvalue weighted by atomic mass is 32.2. The van der Waals surface area contributed by atoms with Gasteiger partial charge in [0.15, 0.2) is 0 Å². The standard InChI is InChI=1S/C25H19N3O2S/c26-24(16-18-10-7-9-17-8-1-2-11-19(17)18)27-30-25(29)28-20-12-3-5-14-22(20)31-23-15-6-4-13-21(23)28/h1-15H,16H2,(H2,26,27). The topological polar surface area (TPSA) is 67.9 Å². The zero-order chi connectivity index (χ0) is 21.2. The first kappa shape index (κ1) is 19.2. The monoisotopic (exact) mass is 425 g/mol. The van der Waals surface area contributed by atoms with Gasteiger partial charge in [-0.25, -0.2) is 9.69 Å². The van der Waals surface area contributed by atoms with Crippen LogP contribution in [0.2, 0.25) is 0 Å². The number of hydrogen-bond acceptors (Lipinski definition) is 4. The molecule has 2 N–H and O–H groups in total. The molecule has 4 aromatic rings. The van der Waals surface area contributed by atoms with Gasteiger partial charge < -0.3 is 5.73 Å². The second-order valence-corrected chi connectivity index (χ2v) is 8.21. The van der Waals surface area contributed by atoms with Gasteiger partial charge in [0.05, 0.1) is 11.4 Å². The maximum Gasteiger partial charge on any atom is 0.445 e. The molecule has 0 saturated heterocycles. The molecule has 0 aliphatic carbocycles. The van der Waals surface area contributed by atoms with Crippen molar-refractivity contribution in [3.63, 3.8) is 0 Å². The van der Waals surface area contributed by atoms with E-state index in [2.05, 4.69) is 17.3 Å². The Morgan fingerprint density at radius 3 is 2.19 bits per heavy atom. The minimum Gasteiger partial charge on any atom is -0.384 e. The molecule has 5 nitrogen and oxygen atoms in total. The first-order chi connectivity index (χ1) is 15.2. The summed E-state index contributed by atoms with van der Waals surface area (Å²) in [6.07, 6.45) is -0.210. The minimum absolute atomic E-state index is 0.234. The van der Waals surface area contributed by atoms with Crippen LogP contribution >= 0.6 is 11.8 Å². The third kappa shape index (κ3) is 3.73. The molecule has 0 radical (unpaired) electrons. The molecule has 6 heteroatoms. The van der Waals surface area contributed by atoms with E-state index in [0.29, 0.717) is 6.42 Å². The van der Waals surface area contributed by atoms with Gasteiger partial charge in [0, 0.05) is 16.2 Å². The van der Waals surface area contributed by atoms with Crippen LogP contribution in [0.15, 0.2) is 106 Å². The minimum atomic E-state index is -0.596. The fraction of sp³-hybridized carbons (Fsp3) is 0.0400. The van der Waals surface area contributed by atoms with E-state index in [1.165, 1.54) is 4.90 Å². The van der Waals surface area contributed by atoms with Crippen molar-refractivity contribution in [2.45, 2.75) is 16.2 Å². The van der Waals surface area contributed by atoms with Crippen molar-refractivity contribution in [2.24, 2.45) is 10.9 Å². The molecule has 0 saturated carbocycles. The average Bonchev–Trinajstić information content (AvgIpc) is 2.81. The van der Waals surface area contributed by atoms with Crippen LogP contribution in [0.1, 0.15) is 5.56 Å². The van der Waals surface area contributed by atoms with Crippen molar-refractivity contribution in [1.29, 1.82) is 0 Å². The highest BCUT2D eigenvalue weighted by Crippen LogP contribution is 2.48. The first-order valence-electron chi connectivity index (χ1n) is 9.87. The molecule has 0 atom stereocenters. The Morgan fingerprint density at radius 2 is 1.45 bits per heavy atom. The molecule has 0 fully saturated rings. The molecule has 1 heterocycles. The Morgan fingerprint density at radius 1 is 0.839 bits per heavy atom. The molecule has 0 bridgehead atoms. The van der Waals surface area contributed by atoms with Crippen molar-refractivity contribution in [3.8, 4) is 0 Å². The van der Waals surface area contributed by atoms with Crippen LogP contribution in [0.3, 0.4) is 0 Å². The summed E-state index contributed by atoms with van der Waals surface area (Å²) in [6, 6.07) is 29.5. The normalized spacial score (nSPS) is 12.9. The molecule has 0 spiro atoms. The largest absolute Gasteiger partial charge is 0.445 e. The summed E-state index contributed by atoms with van der Waals surface area (Å²) in [6.45, 7) is 0. The molecule has 0 aromatic heterocycles. The Hall–Kier alpha value is -3.77. The van der Waals surface area contributed by atoms with Gasteiger partial charge in [-0.2, -0.15) is 0 Å². The van der Waals surface area contributed by atoms with E-state index < -0.39 is 6.09 Å². The van der Waals surface area contributed by atoms with Gasteiger partial charge >= 0.3 is 6.09 Å². The number of nitrogens with two attached hydrogens (primary N) is 1. The number of hydrogen-bond donors (Lipinski definition) is 1. The molecule has 0 unspecified atom stereocenters. The molecule has 31 heavy (non-hydrogen) atoms. The highest BCUT2D eigenvalue weighted by Gasteiger charge is 2.29. The van der Waals surface area contributed by atoms with Crippen LogP contribution < -0.4 is 10.6 Å². The van der Waals surface area contributed by atoms with Gasteiger partial charge in [-0.15, -0.1) is 0 Å². The maximum atomic E-state index is 13.0. The highest BCUT2D eigenvalue weighted by molar-refractivity contribution is 7.99. The van der Waals surface area contributed by atoms with Crippen LogP contribution in [-0.2, 0) is 11.3 Å². The number of fused-ring (bicyclic) bond motifs is 3. The average molecular weight is 426 g/mol. The predicted octanol–water partition coefficient (Wildman–Crippen LogP) is 6.09. The molecule has 1 aliphatic heterocycles. The maximum absolute atomic E-state index is 13.0. The van der Waals surface area contributed by atoms with Crippen LogP contribution in [0.25, 0.3) is 10.8 Å². The van der Waals surface area contributed by atoms with Gasteiger partial charge in [-0.1, -0.05) is 83.6 Å². The Labute approximate surface area is 184 Å². The van der Waals surface area contributed by atoms with Gasteiger partial charge in [0.1, 0.15) is 5.84 Å². The number of para-hydroxylation sites is 2. The van der Waals surface area contributed by atoms with Crippen molar-refractivity contribution < 1.29 is 9.63 Å². The smallest absolute Gasteiger partial charge is 0.384 e. The number of nitrogens with zero attached hydrogens (tertiary/aromatic N) is 2. The number of carbonyl (C=O) groups is 1. The van der Waals surface area contributed by atoms with Crippen molar-refractivity contribution in [3.05, 3.63) is 96.6 Å². The lowest BCUT2D eigenvalue weighted by Gasteiger charge is -2.29. The van der Waals surface area contributed by atoms with Crippen molar-refractivity contribution in [2.75, 3.05) is 4.90 Å². The van der Waals surface area contributed by atoms with Crippen LogP contribution in [0.5, 0.6) is 0 Å². The third-order valence-electron chi connectivity index (χ3n) is 5.11. The van der Waals surface area contributed by atoms with Gasteiger partial charge in [0.25, 0.3) is 0 Å². The number of oxime groups is 1. The molecule has 152 valence electrons. The lowest BCUT2D eigenvalue weighted by molar-refractivity contribution is 0.160.